The van der Waals surface area contributed by atoms with Crippen LogP contribution in [0.4, 0.5) is 0 Å². The SMILES string of the molecule is CCN(C(=O)c1cccc(C)c1I)C1CNC1. The third-order valence-electron chi connectivity index (χ3n) is 3.22. The summed E-state index contributed by atoms with van der Waals surface area (Å²) in [6.07, 6.45) is 0. The fourth-order valence-corrected chi connectivity index (χ4v) is 2.62. The number of hydrogen-bond donors (Lipinski definition) is 1. The normalized spacial score (nSPS) is 15.5. The van der Waals surface area contributed by atoms with E-state index in [2.05, 4.69) is 27.9 Å². The van der Waals surface area contributed by atoms with Gasteiger partial charge in [0.05, 0.1) is 11.6 Å². The van der Waals surface area contributed by atoms with Gasteiger partial charge >= 0.3 is 0 Å². The number of nitrogens with zero attached hydrogens (tertiary/aromatic N) is 1. The Morgan fingerprint density at radius 1 is 1.53 bits per heavy atom. The molecule has 1 saturated heterocycles. The number of aryl methyl sites for hydroxylation is 1. The number of benzene rings is 1. The van der Waals surface area contributed by atoms with Gasteiger partial charge in [0, 0.05) is 23.2 Å². The van der Waals surface area contributed by atoms with E-state index in [0.29, 0.717) is 6.04 Å². The Labute approximate surface area is 116 Å². The zero-order valence-corrected chi connectivity index (χ0v) is 12.3. The summed E-state index contributed by atoms with van der Waals surface area (Å²) in [5, 5.41) is 3.21. The molecule has 3 nitrogen and oxygen atoms in total. The highest BCUT2D eigenvalue weighted by Gasteiger charge is 2.28. The Hall–Kier alpha value is -0.620. The van der Waals surface area contributed by atoms with Crippen LogP contribution >= 0.6 is 22.6 Å². The second-order valence-corrected chi connectivity index (χ2v) is 5.42. The lowest BCUT2D eigenvalue weighted by molar-refractivity contribution is 0.0629. The van der Waals surface area contributed by atoms with Crippen molar-refractivity contribution in [2.45, 2.75) is 19.9 Å². The van der Waals surface area contributed by atoms with Crippen LogP contribution in [-0.4, -0.2) is 36.5 Å². The standard InChI is InChI=1S/C13H17IN2O/c1-3-16(10-7-15-8-10)13(17)11-6-4-5-9(2)12(11)14/h4-6,10,15H,3,7-8H2,1-2H3. The van der Waals surface area contributed by atoms with Crippen molar-refractivity contribution in [3.8, 4) is 0 Å². The Bertz CT molecular complexity index is 429. The molecule has 0 spiro atoms. The van der Waals surface area contributed by atoms with E-state index in [9.17, 15) is 4.79 Å². The van der Waals surface area contributed by atoms with Gasteiger partial charge in [-0.15, -0.1) is 0 Å². The minimum atomic E-state index is 0.159. The van der Waals surface area contributed by atoms with Gasteiger partial charge in [-0.2, -0.15) is 0 Å². The molecule has 1 aromatic rings. The summed E-state index contributed by atoms with van der Waals surface area (Å²) in [6.45, 7) is 6.69. The number of likely N-dealkylation sites (N-methyl/N-ethyl adjacent to an activating group) is 1. The Balaban J connectivity index is 2.25. The fourth-order valence-electron chi connectivity index (χ4n) is 2.03. The van der Waals surface area contributed by atoms with E-state index in [1.54, 1.807) is 0 Å². The molecule has 0 unspecified atom stereocenters. The van der Waals surface area contributed by atoms with Gasteiger partial charge < -0.3 is 10.2 Å². The van der Waals surface area contributed by atoms with Crippen LogP contribution in [0.5, 0.6) is 0 Å². The molecule has 0 bridgehead atoms. The zero-order chi connectivity index (χ0) is 12.4. The van der Waals surface area contributed by atoms with Crippen molar-refractivity contribution < 1.29 is 4.79 Å². The van der Waals surface area contributed by atoms with Gasteiger partial charge in [-0.3, -0.25) is 4.79 Å². The van der Waals surface area contributed by atoms with Gasteiger partial charge in [0.15, 0.2) is 0 Å². The third-order valence-corrected chi connectivity index (χ3v) is 4.66. The van der Waals surface area contributed by atoms with Gasteiger partial charge in [-0.25, -0.2) is 0 Å². The Morgan fingerprint density at radius 3 is 2.76 bits per heavy atom. The molecule has 92 valence electrons. The van der Waals surface area contributed by atoms with E-state index in [1.807, 2.05) is 36.9 Å². The molecule has 1 aromatic carbocycles. The van der Waals surface area contributed by atoms with Gasteiger partial charge in [0.1, 0.15) is 0 Å². The van der Waals surface area contributed by atoms with Crippen LogP contribution in [0.15, 0.2) is 18.2 Å². The molecule has 0 radical (unpaired) electrons. The summed E-state index contributed by atoms with van der Waals surface area (Å²) in [7, 11) is 0. The van der Waals surface area contributed by atoms with Crippen molar-refractivity contribution in [2.75, 3.05) is 19.6 Å². The first-order chi connectivity index (χ1) is 8.15. The summed E-state index contributed by atoms with van der Waals surface area (Å²) in [5.41, 5.74) is 2.00. The molecule has 17 heavy (non-hydrogen) atoms. The maximum Gasteiger partial charge on any atom is 0.255 e. The van der Waals surface area contributed by atoms with Crippen molar-refractivity contribution >= 4 is 28.5 Å². The van der Waals surface area contributed by atoms with E-state index in [0.717, 1.165) is 28.8 Å². The molecule has 0 saturated carbocycles. The van der Waals surface area contributed by atoms with Crippen LogP contribution in [0.2, 0.25) is 0 Å². The number of carbonyl (C=O) groups is 1. The predicted octanol–water partition coefficient (Wildman–Crippen LogP) is 2.03. The van der Waals surface area contributed by atoms with Crippen LogP contribution in [0.3, 0.4) is 0 Å². The molecular formula is C13H17IN2O. The summed E-state index contributed by atoms with van der Waals surface area (Å²) in [6, 6.07) is 6.28. The lowest BCUT2D eigenvalue weighted by Crippen LogP contribution is -2.58. The first-order valence-corrected chi connectivity index (χ1v) is 6.99. The predicted molar refractivity (Wildman–Crippen MR) is 77.3 cm³/mol. The van der Waals surface area contributed by atoms with E-state index in [-0.39, 0.29) is 5.91 Å². The molecule has 1 heterocycles. The maximum absolute atomic E-state index is 12.5. The van der Waals surface area contributed by atoms with Crippen LogP contribution in [0, 0.1) is 10.5 Å². The van der Waals surface area contributed by atoms with Crippen molar-refractivity contribution in [1.29, 1.82) is 0 Å². The summed E-state index contributed by atoms with van der Waals surface area (Å²) >= 11 is 2.26. The lowest BCUT2D eigenvalue weighted by Gasteiger charge is -2.37. The largest absolute Gasteiger partial charge is 0.333 e. The summed E-state index contributed by atoms with van der Waals surface area (Å²) in [4.78, 5) is 14.4. The smallest absolute Gasteiger partial charge is 0.255 e. The lowest BCUT2D eigenvalue weighted by atomic mass is 10.1. The van der Waals surface area contributed by atoms with Crippen molar-refractivity contribution in [3.05, 3.63) is 32.9 Å². The van der Waals surface area contributed by atoms with Gasteiger partial charge in [-0.05, 0) is 48.1 Å². The minimum absolute atomic E-state index is 0.159. The second kappa shape index (κ2) is 5.35. The zero-order valence-electron chi connectivity index (χ0n) is 10.2. The first-order valence-electron chi connectivity index (χ1n) is 5.92. The highest BCUT2D eigenvalue weighted by atomic mass is 127. The van der Waals surface area contributed by atoms with E-state index in [1.165, 1.54) is 5.56 Å². The number of halogens is 1. The highest BCUT2D eigenvalue weighted by Crippen LogP contribution is 2.20. The third kappa shape index (κ3) is 2.47. The van der Waals surface area contributed by atoms with E-state index in [4.69, 9.17) is 0 Å². The molecule has 1 fully saturated rings. The van der Waals surface area contributed by atoms with Gasteiger partial charge in [0.2, 0.25) is 0 Å². The van der Waals surface area contributed by atoms with Crippen LogP contribution < -0.4 is 5.32 Å². The molecular weight excluding hydrogens is 327 g/mol. The Morgan fingerprint density at radius 2 is 2.24 bits per heavy atom. The molecule has 4 heteroatoms. The first kappa shape index (κ1) is 12.8. The number of carbonyl (C=O) groups excluding carboxylic acids is 1. The van der Waals surface area contributed by atoms with Crippen LogP contribution in [0.1, 0.15) is 22.8 Å². The van der Waals surface area contributed by atoms with E-state index >= 15 is 0 Å². The monoisotopic (exact) mass is 344 g/mol. The Kier molecular flexibility index (Phi) is 4.04. The van der Waals surface area contributed by atoms with Crippen molar-refractivity contribution in [2.24, 2.45) is 0 Å². The minimum Gasteiger partial charge on any atom is -0.333 e. The number of nitrogens with one attached hydrogen (secondary N) is 1. The van der Waals surface area contributed by atoms with Gasteiger partial charge in [0.25, 0.3) is 5.91 Å². The maximum atomic E-state index is 12.5. The van der Waals surface area contributed by atoms with Crippen molar-refractivity contribution in [1.82, 2.24) is 10.2 Å². The molecule has 2 rings (SSSR count). The average molecular weight is 344 g/mol. The molecule has 1 aliphatic heterocycles. The quantitative estimate of drug-likeness (QED) is 0.851. The summed E-state index contributed by atoms with van der Waals surface area (Å²) < 4.78 is 1.07. The molecule has 0 aromatic heterocycles. The molecule has 0 atom stereocenters. The highest BCUT2D eigenvalue weighted by molar-refractivity contribution is 14.1. The van der Waals surface area contributed by atoms with Gasteiger partial charge in [-0.1, -0.05) is 12.1 Å². The van der Waals surface area contributed by atoms with E-state index < -0.39 is 0 Å². The number of hydrogen-bond acceptors (Lipinski definition) is 2. The topological polar surface area (TPSA) is 32.3 Å². The van der Waals surface area contributed by atoms with Crippen LogP contribution in [0.25, 0.3) is 0 Å². The molecule has 1 amide bonds. The molecule has 0 aliphatic carbocycles. The number of amides is 1. The molecule has 1 N–H and O–H groups in total. The second-order valence-electron chi connectivity index (χ2n) is 4.34. The molecule has 1 aliphatic rings. The van der Waals surface area contributed by atoms with Crippen molar-refractivity contribution in [3.63, 3.8) is 0 Å². The fraction of sp³-hybridized carbons (Fsp3) is 0.462. The number of rotatable bonds is 3. The van der Waals surface area contributed by atoms with Crippen LogP contribution in [-0.2, 0) is 0 Å². The average Bonchev–Trinajstić information content (AvgIpc) is 2.26. The summed E-state index contributed by atoms with van der Waals surface area (Å²) in [5.74, 6) is 0.159.